The van der Waals surface area contributed by atoms with E-state index in [0.29, 0.717) is 22.1 Å². The molecule has 1 fully saturated rings. The second-order valence-corrected chi connectivity index (χ2v) is 9.13. The highest BCUT2D eigenvalue weighted by Gasteiger charge is 2.36. The van der Waals surface area contributed by atoms with Crippen molar-refractivity contribution in [2.24, 2.45) is 5.92 Å². The maximum Gasteiger partial charge on any atom is 0.229 e. The van der Waals surface area contributed by atoms with Gasteiger partial charge in [-0.05, 0) is 43.2 Å². The minimum Gasteiger partial charge on any atom is -0.495 e. The van der Waals surface area contributed by atoms with Crippen molar-refractivity contribution in [1.82, 2.24) is 14.8 Å². The maximum absolute atomic E-state index is 13.1. The van der Waals surface area contributed by atoms with E-state index in [1.807, 2.05) is 24.3 Å². The van der Waals surface area contributed by atoms with Gasteiger partial charge in [0, 0.05) is 42.2 Å². The molecule has 9 heteroatoms. The Morgan fingerprint density at radius 3 is 2.88 bits per heavy atom. The van der Waals surface area contributed by atoms with E-state index in [0.717, 1.165) is 43.0 Å². The average Bonchev–Trinajstić information content (AvgIpc) is 3.34. The monoisotopic (exact) mass is 479 g/mol. The van der Waals surface area contributed by atoms with Crippen LogP contribution < -0.4 is 15.0 Å². The number of amides is 2. The number of fused-ring (bicyclic) bond motifs is 1. The summed E-state index contributed by atoms with van der Waals surface area (Å²) in [7, 11) is 1.54. The molecule has 34 heavy (non-hydrogen) atoms. The highest BCUT2D eigenvalue weighted by Crippen LogP contribution is 2.35. The van der Waals surface area contributed by atoms with Crippen LogP contribution in [-0.2, 0) is 22.6 Å². The number of rotatable bonds is 5. The number of hydrogen-bond acceptors (Lipinski definition) is 5. The lowest BCUT2D eigenvalue weighted by Crippen LogP contribution is -2.28. The lowest BCUT2D eigenvalue weighted by Gasteiger charge is -2.20. The number of carbonyl (C=O) groups is 2. The van der Waals surface area contributed by atoms with Crippen molar-refractivity contribution < 1.29 is 14.3 Å². The van der Waals surface area contributed by atoms with Gasteiger partial charge in [0.15, 0.2) is 5.82 Å². The first-order valence-electron chi connectivity index (χ1n) is 11.5. The third-order valence-electron chi connectivity index (χ3n) is 6.43. The molecule has 0 aliphatic carbocycles. The van der Waals surface area contributed by atoms with Crippen molar-refractivity contribution in [3.63, 3.8) is 0 Å². The van der Waals surface area contributed by atoms with E-state index in [9.17, 15) is 9.59 Å². The van der Waals surface area contributed by atoms with Crippen molar-refractivity contribution in [2.75, 3.05) is 23.9 Å². The van der Waals surface area contributed by atoms with Crippen molar-refractivity contribution in [1.29, 1.82) is 0 Å². The molecule has 2 aromatic carbocycles. The van der Waals surface area contributed by atoms with Crippen LogP contribution in [-0.4, -0.2) is 40.2 Å². The number of nitrogens with one attached hydrogen (secondary N) is 1. The molecule has 0 unspecified atom stereocenters. The molecule has 0 saturated carbocycles. The number of aryl methyl sites for hydroxylation is 1. The Labute approximate surface area is 202 Å². The van der Waals surface area contributed by atoms with E-state index in [1.54, 1.807) is 30.2 Å². The topological polar surface area (TPSA) is 89.3 Å². The molecule has 3 heterocycles. The van der Waals surface area contributed by atoms with Gasteiger partial charge < -0.3 is 19.5 Å². The molecular weight excluding hydrogens is 454 g/mol. The van der Waals surface area contributed by atoms with Crippen LogP contribution in [0.4, 0.5) is 11.4 Å². The predicted octanol–water partition coefficient (Wildman–Crippen LogP) is 4.33. The van der Waals surface area contributed by atoms with E-state index in [4.69, 9.17) is 16.3 Å². The van der Waals surface area contributed by atoms with Gasteiger partial charge in [-0.25, -0.2) is 0 Å². The third-order valence-corrected chi connectivity index (χ3v) is 6.66. The molecule has 2 amide bonds. The van der Waals surface area contributed by atoms with Gasteiger partial charge in [-0.1, -0.05) is 30.2 Å². The van der Waals surface area contributed by atoms with Crippen LogP contribution in [0, 0.1) is 5.92 Å². The van der Waals surface area contributed by atoms with E-state index >= 15 is 0 Å². The summed E-state index contributed by atoms with van der Waals surface area (Å²) >= 11 is 6.13. The van der Waals surface area contributed by atoms with Gasteiger partial charge in [0.1, 0.15) is 11.6 Å². The number of nitrogens with zero attached hydrogens (tertiary/aromatic N) is 4. The van der Waals surface area contributed by atoms with Crippen molar-refractivity contribution >= 4 is 34.8 Å². The summed E-state index contributed by atoms with van der Waals surface area (Å²) in [5, 5.41) is 12.3. The van der Waals surface area contributed by atoms with Gasteiger partial charge in [0.2, 0.25) is 11.8 Å². The molecule has 176 valence electrons. The molecule has 1 N–H and O–H groups in total. The lowest BCUT2D eigenvalue weighted by atomic mass is 10.1. The molecular formula is C25H26ClN5O3. The number of benzene rings is 2. The molecule has 2 aliphatic rings. The first-order valence-corrected chi connectivity index (χ1v) is 11.9. The second kappa shape index (κ2) is 9.46. The molecule has 2 aliphatic heterocycles. The fraction of sp³-hybridized carbons (Fsp3) is 0.360. The van der Waals surface area contributed by atoms with Gasteiger partial charge in [-0.15, -0.1) is 10.2 Å². The van der Waals surface area contributed by atoms with E-state index in [-0.39, 0.29) is 24.8 Å². The van der Waals surface area contributed by atoms with Crippen LogP contribution in [0.15, 0.2) is 42.5 Å². The number of methoxy groups -OCH3 is 1. The largest absolute Gasteiger partial charge is 0.495 e. The van der Waals surface area contributed by atoms with Crippen molar-refractivity contribution in [3.05, 3.63) is 53.3 Å². The number of carbonyl (C=O) groups excluding carboxylic acids is 2. The summed E-state index contributed by atoms with van der Waals surface area (Å²) in [5.74, 6) is 1.56. The molecule has 5 rings (SSSR count). The van der Waals surface area contributed by atoms with Gasteiger partial charge in [-0.3, -0.25) is 9.59 Å². The highest BCUT2D eigenvalue weighted by atomic mass is 35.5. The number of ether oxygens (including phenoxy) is 1. The summed E-state index contributed by atoms with van der Waals surface area (Å²) in [6.45, 7) is 1.17. The first kappa shape index (κ1) is 22.4. The summed E-state index contributed by atoms with van der Waals surface area (Å²) in [6, 6.07) is 12.7. The Morgan fingerprint density at radius 2 is 2.03 bits per heavy atom. The second-order valence-electron chi connectivity index (χ2n) is 8.69. The van der Waals surface area contributed by atoms with E-state index < -0.39 is 5.92 Å². The highest BCUT2D eigenvalue weighted by molar-refractivity contribution is 6.31. The minimum absolute atomic E-state index is 0.124. The number of aromatic nitrogens is 3. The molecule has 0 radical (unpaired) electrons. The Morgan fingerprint density at radius 1 is 1.15 bits per heavy atom. The normalized spacial score (nSPS) is 17.9. The Hall–Kier alpha value is -3.39. The van der Waals surface area contributed by atoms with E-state index in [1.165, 1.54) is 6.42 Å². The zero-order valence-corrected chi connectivity index (χ0v) is 19.7. The minimum atomic E-state index is -0.482. The molecule has 1 saturated heterocycles. The molecule has 1 atom stereocenters. The molecule has 0 spiro atoms. The van der Waals surface area contributed by atoms with Crippen LogP contribution in [0.3, 0.4) is 0 Å². The van der Waals surface area contributed by atoms with Crippen LogP contribution in [0.2, 0.25) is 5.02 Å². The number of anilines is 2. The number of hydrogen-bond donors (Lipinski definition) is 1. The Kier molecular flexibility index (Phi) is 6.24. The van der Waals surface area contributed by atoms with Gasteiger partial charge in [0.25, 0.3) is 0 Å². The smallest absolute Gasteiger partial charge is 0.229 e. The molecule has 3 aromatic rings. The fourth-order valence-electron chi connectivity index (χ4n) is 4.67. The Bertz CT molecular complexity index is 1240. The zero-order chi connectivity index (χ0) is 23.7. The number of halogens is 1. The first-order chi connectivity index (χ1) is 16.5. The summed E-state index contributed by atoms with van der Waals surface area (Å²) in [6.07, 6.45) is 4.49. The van der Waals surface area contributed by atoms with Crippen LogP contribution in [0.1, 0.15) is 31.5 Å². The van der Waals surface area contributed by atoms with Gasteiger partial charge in [-0.2, -0.15) is 0 Å². The summed E-state index contributed by atoms with van der Waals surface area (Å²) in [5.41, 5.74) is 2.15. The zero-order valence-electron chi connectivity index (χ0n) is 19.0. The van der Waals surface area contributed by atoms with Gasteiger partial charge in [0.05, 0.1) is 18.7 Å². The average molecular weight is 480 g/mol. The Balaban J connectivity index is 1.32. The van der Waals surface area contributed by atoms with Gasteiger partial charge >= 0.3 is 0 Å². The summed E-state index contributed by atoms with van der Waals surface area (Å²) in [4.78, 5) is 27.3. The molecule has 1 aromatic heterocycles. The maximum atomic E-state index is 13.1. The van der Waals surface area contributed by atoms with Crippen molar-refractivity contribution in [3.8, 4) is 17.1 Å². The molecule has 0 bridgehead atoms. The lowest BCUT2D eigenvalue weighted by molar-refractivity contribution is -0.122. The summed E-state index contributed by atoms with van der Waals surface area (Å²) < 4.78 is 7.56. The SMILES string of the molecule is COc1ccc(Cl)cc1N1C[C@H](C(=O)Nc2cccc(-c3nnc4n3CCCCC4)c2)CC1=O. The van der Waals surface area contributed by atoms with Crippen LogP contribution in [0.5, 0.6) is 5.75 Å². The van der Waals surface area contributed by atoms with E-state index in [2.05, 4.69) is 20.1 Å². The molecule has 8 nitrogen and oxygen atoms in total. The fourth-order valence-corrected chi connectivity index (χ4v) is 4.84. The van der Waals surface area contributed by atoms with Crippen LogP contribution >= 0.6 is 11.6 Å². The predicted molar refractivity (Wildman–Crippen MR) is 130 cm³/mol. The standard InChI is InChI=1S/C25H26ClN5O3/c1-34-21-10-9-18(26)14-20(21)31-15-17(13-23(31)32)25(33)27-19-7-5-6-16(12-19)24-29-28-22-8-3-2-4-11-30(22)24/h5-7,9-10,12,14,17H,2-4,8,11,13,15H2,1H3,(H,27,33)/t17-/m1/s1. The third kappa shape index (κ3) is 4.37. The van der Waals surface area contributed by atoms with Crippen molar-refractivity contribution in [2.45, 2.75) is 38.6 Å². The quantitative estimate of drug-likeness (QED) is 0.588. The van der Waals surface area contributed by atoms with Crippen LogP contribution in [0.25, 0.3) is 11.4 Å².